The summed E-state index contributed by atoms with van der Waals surface area (Å²) in [6.07, 6.45) is 3.28. The lowest BCUT2D eigenvalue weighted by molar-refractivity contribution is 0.141. The smallest absolute Gasteiger partial charge is 0.265 e. The summed E-state index contributed by atoms with van der Waals surface area (Å²) in [5.74, 6) is 0. The fourth-order valence-electron chi connectivity index (χ4n) is 4.07. The number of aryl methyl sites for hydroxylation is 2. The lowest BCUT2D eigenvalue weighted by Gasteiger charge is -2.09. The molecule has 2 aromatic carbocycles. The van der Waals surface area contributed by atoms with Crippen molar-refractivity contribution in [3.8, 4) is 5.69 Å². The van der Waals surface area contributed by atoms with E-state index < -0.39 is 0 Å². The van der Waals surface area contributed by atoms with E-state index in [9.17, 15) is 4.79 Å². The second-order valence-corrected chi connectivity index (χ2v) is 7.74. The van der Waals surface area contributed by atoms with Crippen molar-refractivity contribution in [3.05, 3.63) is 70.8 Å². The summed E-state index contributed by atoms with van der Waals surface area (Å²) in [5.41, 5.74) is 5.37. The third kappa shape index (κ3) is 3.44. The largest absolute Gasteiger partial charge is 0.382 e. The Hall–Kier alpha value is -3.58. The Bertz CT molecular complexity index is 1490. The molecule has 162 valence electrons. The fraction of sp³-hybridized carbons (Fsp3) is 0.280. The maximum absolute atomic E-state index is 13.5. The number of hydrogen-bond donors (Lipinski definition) is 0. The topological polar surface area (TPSA) is 74.8 Å². The monoisotopic (exact) mass is 427 g/mol. The van der Waals surface area contributed by atoms with Crippen LogP contribution < -0.4 is 5.56 Å². The molecule has 32 heavy (non-hydrogen) atoms. The van der Waals surface area contributed by atoms with Gasteiger partial charge in [0.05, 0.1) is 17.4 Å². The molecule has 5 rings (SSSR count). The minimum Gasteiger partial charge on any atom is -0.382 e. The lowest BCUT2D eigenvalue weighted by Crippen LogP contribution is -2.21. The summed E-state index contributed by atoms with van der Waals surface area (Å²) in [7, 11) is 0. The van der Waals surface area contributed by atoms with E-state index >= 15 is 0 Å². The number of hydrogen-bond acceptors (Lipinski definition) is 5. The van der Waals surface area contributed by atoms with Crippen molar-refractivity contribution in [1.29, 1.82) is 0 Å². The molecule has 0 amide bonds. The summed E-state index contributed by atoms with van der Waals surface area (Å²) < 4.78 is 9.02. The average molecular weight is 428 g/mol. The zero-order valence-corrected chi connectivity index (χ0v) is 18.3. The Balaban J connectivity index is 1.80. The van der Waals surface area contributed by atoms with Gasteiger partial charge in [0, 0.05) is 25.4 Å². The van der Waals surface area contributed by atoms with Gasteiger partial charge in [-0.25, -0.2) is 15.0 Å². The second-order valence-electron chi connectivity index (χ2n) is 7.74. The zero-order valence-electron chi connectivity index (χ0n) is 18.3. The van der Waals surface area contributed by atoms with Crippen LogP contribution in [-0.2, 0) is 17.7 Å². The highest BCUT2D eigenvalue weighted by atomic mass is 16.5. The van der Waals surface area contributed by atoms with Crippen LogP contribution in [0.5, 0.6) is 0 Å². The zero-order chi connectivity index (χ0) is 22.1. The first-order valence-corrected chi connectivity index (χ1v) is 11.0. The first-order chi connectivity index (χ1) is 15.7. The van der Waals surface area contributed by atoms with Gasteiger partial charge in [0.25, 0.3) is 5.56 Å². The molecule has 3 heterocycles. The van der Waals surface area contributed by atoms with Gasteiger partial charge < -0.3 is 4.74 Å². The molecule has 0 atom stereocenters. The SMILES string of the molecule is CCOCCCn1cnc2c(c1=O)c1nc3ccccc3nc1n2-c1cccc(CC)c1. The molecule has 0 saturated heterocycles. The number of nitrogens with zero attached hydrogens (tertiary/aromatic N) is 5. The van der Waals surface area contributed by atoms with Gasteiger partial charge in [-0.05, 0) is 49.6 Å². The molecule has 7 nitrogen and oxygen atoms in total. The predicted molar refractivity (Wildman–Crippen MR) is 126 cm³/mol. The van der Waals surface area contributed by atoms with Crippen LogP contribution in [0.2, 0.25) is 0 Å². The minimum absolute atomic E-state index is 0.105. The van der Waals surface area contributed by atoms with Crippen LogP contribution in [0.3, 0.4) is 0 Å². The molecule has 3 aromatic heterocycles. The number of aromatic nitrogens is 5. The van der Waals surface area contributed by atoms with E-state index in [1.54, 1.807) is 10.9 Å². The van der Waals surface area contributed by atoms with Crippen molar-refractivity contribution >= 4 is 33.2 Å². The van der Waals surface area contributed by atoms with Crippen molar-refractivity contribution in [1.82, 2.24) is 24.1 Å². The molecule has 7 heteroatoms. The first-order valence-electron chi connectivity index (χ1n) is 11.0. The van der Waals surface area contributed by atoms with Gasteiger partial charge in [-0.3, -0.25) is 13.9 Å². The first kappa shape index (κ1) is 20.3. The standard InChI is InChI=1S/C25H25N5O2/c1-3-17-9-7-10-18(15-17)30-23-21(25(31)29(16-26-23)13-8-14-32-4-2)22-24(30)28-20-12-6-5-11-19(20)27-22/h5-7,9-12,15-16H,3-4,8,13-14H2,1-2H3. The Labute approximate surface area is 185 Å². The summed E-state index contributed by atoms with van der Waals surface area (Å²) in [5, 5.41) is 0.499. The van der Waals surface area contributed by atoms with Crippen LogP contribution in [0, 0.1) is 0 Å². The van der Waals surface area contributed by atoms with Crippen molar-refractivity contribution in [3.63, 3.8) is 0 Å². The number of rotatable bonds is 7. The Kier molecular flexibility index (Phi) is 5.41. The van der Waals surface area contributed by atoms with Crippen LogP contribution in [0.25, 0.3) is 38.9 Å². The van der Waals surface area contributed by atoms with E-state index in [0.29, 0.717) is 42.0 Å². The van der Waals surface area contributed by atoms with Crippen LogP contribution in [-0.4, -0.2) is 37.3 Å². The quantitative estimate of drug-likeness (QED) is 0.363. The molecule has 0 unspecified atom stereocenters. The van der Waals surface area contributed by atoms with Gasteiger partial charge in [0.1, 0.15) is 10.9 Å². The van der Waals surface area contributed by atoms with Crippen LogP contribution in [0.1, 0.15) is 25.8 Å². The summed E-state index contributed by atoms with van der Waals surface area (Å²) >= 11 is 0. The average Bonchev–Trinajstić information content (AvgIpc) is 3.15. The highest BCUT2D eigenvalue weighted by molar-refractivity contribution is 6.05. The van der Waals surface area contributed by atoms with Crippen molar-refractivity contribution in [2.75, 3.05) is 13.2 Å². The van der Waals surface area contributed by atoms with Crippen LogP contribution in [0.15, 0.2) is 59.7 Å². The number of para-hydroxylation sites is 2. The second kappa shape index (κ2) is 8.51. The van der Waals surface area contributed by atoms with E-state index in [0.717, 1.165) is 29.6 Å². The molecule has 5 aromatic rings. The van der Waals surface area contributed by atoms with Crippen LogP contribution >= 0.6 is 0 Å². The van der Waals surface area contributed by atoms with Crippen molar-refractivity contribution in [2.24, 2.45) is 0 Å². The van der Waals surface area contributed by atoms with Gasteiger partial charge in [-0.2, -0.15) is 0 Å². The van der Waals surface area contributed by atoms with E-state index in [-0.39, 0.29) is 5.56 Å². The van der Waals surface area contributed by atoms with E-state index in [2.05, 4.69) is 19.1 Å². The molecule has 0 aliphatic carbocycles. The minimum atomic E-state index is -0.105. The molecule has 0 radical (unpaired) electrons. The number of benzene rings is 2. The van der Waals surface area contributed by atoms with Crippen molar-refractivity contribution < 1.29 is 4.74 Å². The molecular weight excluding hydrogens is 402 g/mol. The number of fused-ring (bicyclic) bond motifs is 4. The molecule has 0 N–H and O–H groups in total. The van der Waals surface area contributed by atoms with E-state index in [1.165, 1.54) is 5.56 Å². The van der Waals surface area contributed by atoms with E-state index in [4.69, 9.17) is 19.7 Å². The molecule has 0 saturated carbocycles. The highest BCUT2D eigenvalue weighted by Gasteiger charge is 2.20. The fourth-order valence-corrected chi connectivity index (χ4v) is 4.07. The maximum atomic E-state index is 13.5. The lowest BCUT2D eigenvalue weighted by atomic mass is 10.1. The molecule has 0 aliphatic heterocycles. The molecule has 0 fully saturated rings. The molecule has 0 aliphatic rings. The predicted octanol–water partition coefficient (Wildman–Crippen LogP) is 4.27. The summed E-state index contributed by atoms with van der Waals surface area (Å²) in [4.78, 5) is 28.0. The Morgan fingerprint density at radius 2 is 1.78 bits per heavy atom. The van der Waals surface area contributed by atoms with Crippen molar-refractivity contribution in [2.45, 2.75) is 33.2 Å². The van der Waals surface area contributed by atoms with E-state index in [1.807, 2.05) is 47.9 Å². The normalized spacial score (nSPS) is 11.7. The third-order valence-corrected chi connectivity index (χ3v) is 5.70. The van der Waals surface area contributed by atoms with Gasteiger partial charge in [0.15, 0.2) is 11.3 Å². The molecule has 0 spiro atoms. The summed E-state index contributed by atoms with van der Waals surface area (Å²) in [6, 6.07) is 16.0. The Morgan fingerprint density at radius 1 is 0.969 bits per heavy atom. The maximum Gasteiger partial charge on any atom is 0.265 e. The summed E-state index contributed by atoms with van der Waals surface area (Å²) in [6.45, 7) is 5.90. The van der Waals surface area contributed by atoms with Gasteiger partial charge in [-0.1, -0.05) is 31.2 Å². The number of ether oxygens (including phenoxy) is 1. The van der Waals surface area contributed by atoms with Gasteiger partial charge in [0.2, 0.25) is 0 Å². The van der Waals surface area contributed by atoms with Crippen LogP contribution in [0.4, 0.5) is 0 Å². The third-order valence-electron chi connectivity index (χ3n) is 5.70. The Morgan fingerprint density at radius 3 is 2.56 bits per heavy atom. The molecule has 0 bridgehead atoms. The van der Waals surface area contributed by atoms with Gasteiger partial charge >= 0.3 is 0 Å². The van der Waals surface area contributed by atoms with Gasteiger partial charge in [-0.15, -0.1) is 0 Å². The molecular formula is C25H25N5O2. The highest BCUT2D eigenvalue weighted by Crippen LogP contribution is 2.28.